The van der Waals surface area contributed by atoms with Crippen molar-refractivity contribution < 1.29 is 4.79 Å². The Labute approximate surface area is 97.3 Å². The maximum Gasteiger partial charge on any atom is 0.316 e. The van der Waals surface area contributed by atoms with Gasteiger partial charge in [0.15, 0.2) is 0 Å². The fourth-order valence-corrected chi connectivity index (χ4v) is 1.48. The lowest BCUT2D eigenvalue weighted by atomic mass is 10.1. The van der Waals surface area contributed by atoms with E-state index in [4.69, 9.17) is 5.73 Å². The van der Waals surface area contributed by atoms with Crippen LogP contribution in [-0.4, -0.2) is 11.0 Å². The van der Waals surface area contributed by atoms with Gasteiger partial charge in [0.2, 0.25) is 5.56 Å². The van der Waals surface area contributed by atoms with E-state index in [1.54, 1.807) is 24.4 Å². The van der Waals surface area contributed by atoms with Gasteiger partial charge in [-0.05, 0) is 29.3 Å². The average Bonchev–Trinajstić information content (AvgIpc) is 2.30. The number of urea groups is 1. The van der Waals surface area contributed by atoms with Crippen molar-refractivity contribution in [1.82, 2.24) is 4.98 Å². The Balaban J connectivity index is 2.26. The van der Waals surface area contributed by atoms with Gasteiger partial charge in [0.1, 0.15) is 0 Å². The molecule has 0 saturated carbocycles. The lowest BCUT2D eigenvalue weighted by Crippen LogP contribution is -2.19. The lowest BCUT2D eigenvalue weighted by molar-refractivity contribution is 0.259. The molecule has 1 aromatic carbocycles. The maximum absolute atomic E-state index is 10.9. The van der Waals surface area contributed by atoms with Gasteiger partial charge < -0.3 is 16.0 Å². The standard InChI is InChI=1S/C12H11N3O2/c13-12(17)15-10-4-1-8(2-5-10)9-3-6-11(16)14-7-9/h1-7H,(H,14,16)(H3,13,15,17). The van der Waals surface area contributed by atoms with Crippen LogP contribution in [0.3, 0.4) is 0 Å². The third kappa shape index (κ3) is 2.72. The van der Waals surface area contributed by atoms with Gasteiger partial charge in [-0.1, -0.05) is 12.1 Å². The van der Waals surface area contributed by atoms with Crippen molar-refractivity contribution in [3.8, 4) is 11.1 Å². The largest absolute Gasteiger partial charge is 0.351 e. The minimum atomic E-state index is -0.596. The fraction of sp³-hybridized carbons (Fsp3) is 0. The highest BCUT2D eigenvalue weighted by molar-refractivity contribution is 5.88. The summed E-state index contributed by atoms with van der Waals surface area (Å²) in [5.74, 6) is 0. The van der Waals surface area contributed by atoms with E-state index in [9.17, 15) is 9.59 Å². The zero-order valence-electron chi connectivity index (χ0n) is 8.94. The predicted octanol–water partition coefficient (Wildman–Crippen LogP) is 1.53. The number of H-pyrrole nitrogens is 1. The van der Waals surface area contributed by atoms with Crippen molar-refractivity contribution in [3.05, 3.63) is 52.9 Å². The van der Waals surface area contributed by atoms with Crippen LogP contribution in [0.2, 0.25) is 0 Å². The summed E-state index contributed by atoms with van der Waals surface area (Å²) in [6.45, 7) is 0. The smallest absolute Gasteiger partial charge is 0.316 e. The molecule has 2 aromatic rings. The average molecular weight is 229 g/mol. The van der Waals surface area contributed by atoms with E-state index in [-0.39, 0.29) is 5.56 Å². The molecule has 0 bridgehead atoms. The number of hydrogen-bond acceptors (Lipinski definition) is 2. The SMILES string of the molecule is NC(=O)Nc1ccc(-c2ccc(=O)[nH]c2)cc1. The Morgan fingerprint density at radius 1 is 1.06 bits per heavy atom. The van der Waals surface area contributed by atoms with Crippen molar-refractivity contribution in [2.75, 3.05) is 5.32 Å². The molecule has 17 heavy (non-hydrogen) atoms. The van der Waals surface area contributed by atoms with E-state index in [0.717, 1.165) is 11.1 Å². The molecule has 1 aromatic heterocycles. The Hall–Kier alpha value is -2.56. The first-order chi connectivity index (χ1) is 8.15. The van der Waals surface area contributed by atoms with E-state index in [1.807, 2.05) is 12.1 Å². The highest BCUT2D eigenvalue weighted by Crippen LogP contribution is 2.19. The molecule has 0 spiro atoms. The first-order valence-corrected chi connectivity index (χ1v) is 5.01. The van der Waals surface area contributed by atoms with Crippen molar-refractivity contribution in [2.45, 2.75) is 0 Å². The van der Waals surface area contributed by atoms with Gasteiger partial charge in [0.25, 0.3) is 0 Å². The van der Waals surface area contributed by atoms with Gasteiger partial charge >= 0.3 is 6.03 Å². The molecule has 0 atom stereocenters. The molecule has 5 heteroatoms. The van der Waals surface area contributed by atoms with Crippen molar-refractivity contribution in [3.63, 3.8) is 0 Å². The second kappa shape index (κ2) is 4.52. The highest BCUT2D eigenvalue weighted by atomic mass is 16.2. The molecule has 5 nitrogen and oxygen atoms in total. The minimum Gasteiger partial charge on any atom is -0.351 e. The van der Waals surface area contributed by atoms with Crippen molar-refractivity contribution in [1.29, 1.82) is 0 Å². The molecule has 0 unspecified atom stereocenters. The van der Waals surface area contributed by atoms with Crippen LogP contribution in [-0.2, 0) is 0 Å². The summed E-state index contributed by atoms with van der Waals surface area (Å²) in [4.78, 5) is 24.1. The molecule has 2 rings (SSSR count). The number of pyridine rings is 1. The number of rotatable bonds is 2. The van der Waals surface area contributed by atoms with Gasteiger partial charge in [-0.25, -0.2) is 4.79 Å². The van der Waals surface area contributed by atoms with E-state index >= 15 is 0 Å². The zero-order valence-corrected chi connectivity index (χ0v) is 8.94. The number of anilines is 1. The van der Waals surface area contributed by atoms with Gasteiger partial charge in [-0.3, -0.25) is 4.79 Å². The number of carbonyl (C=O) groups is 1. The molecule has 0 radical (unpaired) electrons. The normalized spacial score (nSPS) is 9.88. The van der Waals surface area contributed by atoms with E-state index < -0.39 is 6.03 Å². The molecular formula is C12H11N3O2. The number of amides is 2. The Bertz CT molecular complexity index is 567. The molecule has 0 saturated heterocycles. The van der Waals surface area contributed by atoms with E-state index in [2.05, 4.69) is 10.3 Å². The van der Waals surface area contributed by atoms with Crippen LogP contribution in [0.1, 0.15) is 0 Å². The second-order valence-electron chi connectivity index (χ2n) is 3.51. The van der Waals surface area contributed by atoms with Gasteiger partial charge in [0, 0.05) is 18.0 Å². The molecule has 0 aliphatic heterocycles. The number of benzene rings is 1. The Morgan fingerprint density at radius 3 is 2.24 bits per heavy atom. The summed E-state index contributed by atoms with van der Waals surface area (Å²) >= 11 is 0. The fourth-order valence-electron chi connectivity index (χ4n) is 1.48. The van der Waals surface area contributed by atoms with Gasteiger partial charge in [-0.2, -0.15) is 0 Å². The van der Waals surface area contributed by atoms with Crippen LogP contribution in [0.4, 0.5) is 10.5 Å². The Kier molecular flexibility index (Phi) is 2.91. The quantitative estimate of drug-likeness (QED) is 0.729. The van der Waals surface area contributed by atoms with Crippen molar-refractivity contribution >= 4 is 11.7 Å². The number of carbonyl (C=O) groups excluding carboxylic acids is 1. The first kappa shape index (κ1) is 10.9. The molecular weight excluding hydrogens is 218 g/mol. The summed E-state index contributed by atoms with van der Waals surface area (Å²) in [6, 6.07) is 9.75. The predicted molar refractivity (Wildman–Crippen MR) is 65.7 cm³/mol. The summed E-state index contributed by atoms with van der Waals surface area (Å²) < 4.78 is 0. The summed E-state index contributed by atoms with van der Waals surface area (Å²) in [5, 5.41) is 2.47. The number of primary amides is 1. The minimum absolute atomic E-state index is 0.138. The van der Waals surface area contributed by atoms with E-state index in [0.29, 0.717) is 5.69 Å². The van der Waals surface area contributed by atoms with Crippen LogP contribution in [0, 0.1) is 0 Å². The summed E-state index contributed by atoms with van der Waals surface area (Å²) in [5.41, 5.74) is 7.33. The highest BCUT2D eigenvalue weighted by Gasteiger charge is 1.99. The zero-order chi connectivity index (χ0) is 12.3. The summed E-state index contributed by atoms with van der Waals surface area (Å²) in [6.07, 6.45) is 1.64. The molecule has 0 aliphatic rings. The number of nitrogens with one attached hydrogen (secondary N) is 2. The van der Waals surface area contributed by atoms with Crippen LogP contribution < -0.4 is 16.6 Å². The maximum atomic E-state index is 10.9. The lowest BCUT2D eigenvalue weighted by Gasteiger charge is -2.04. The van der Waals surface area contributed by atoms with Crippen LogP contribution in [0.5, 0.6) is 0 Å². The molecule has 86 valence electrons. The molecule has 0 aliphatic carbocycles. The summed E-state index contributed by atoms with van der Waals surface area (Å²) in [7, 11) is 0. The number of aromatic amines is 1. The number of hydrogen-bond donors (Lipinski definition) is 3. The number of aromatic nitrogens is 1. The van der Waals surface area contributed by atoms with Crippen LogP contribution in [0.15, 0.2) is 47.4 Å². The number of nitrogens with two attached hydrogens (primary N) is 1. The van der Waals surface area contributed by atoms with Crippen LogP contribution >= 0.6 is 0 Å². The molecule has 4 N–H and O–H groups in total. The van der Waals surface area contributed by atoms with Gasteiger partial charge in [0.05, 0.1) is 0 Å². The molecule has 2 amide bonds. The third-order valence-corrected chi connectivity index (χ3v) is 2.27. The van der Waals surface area contributed by atoms with E-state index in [1.165, 1.54) is 6.07 Å². The second-order valence-corrected chi connectivity index (χ2v) is 3.51. The van der Waals surface area contributed by atoms with Crippen molar-refractivity contribution in [2.24, 2.45) is 5.73 Å². The molecule has 1 heterocycles. The molecule has 0 fully saturated rings. The topological polar surface area (TPSA) is 88.0 Å². The van der Waals surface area contributed by atoms with Crippen LogP contribution in [0.25, 0.3) is 11.1 Å². The van der Waals surface area contributed by atoms with Gasteiger partial charge in [-0.15, -0.1) is 0 Å². The first-order valence-electron chi connectivity index (χ1n) is 5.01. The Morgan fingerprint density at radius 2 is 1.71 bits per heavy atom. The third-order valence-electron chi connectivity index (χ3n) is 2.27. The monoisotopic (exact) mass is 229 g/mol.